The molecule has 0 radical (unpaired) electrons. The van der Waals surface area contributed by atoms with E-state index < -0.39 is 0 Å². The van der Waals surface area contributed by atoms with Gasteiger partial charge >= 0.3 is 0 Å². The summed E-state index contributed by atoms with van der Waals surface area (Å²) in [5.41, 5.74) is 2.87. The molecule has 4 rings (SSSR count). The van der Waals surface area contributed by atoms with Crippen LogP contribution in [0.25, 0.3) is 11.4 Å². The third-order valence-corrected chi connectivity index (χ3v) is 6.42. The molecule has 1 saturated heterocycles. The number of piperidine rings is 1. The first-order chi connectivity index (χ1) is 13.1. The Morgan fingerprint density at radius 3 is 2.85 bits per heavy atom. The highest BCUT2D eigenvalue weighted by Crippen LogP contribution is 2.44. The maximum absolute atomic E-state index is 12.7. The molecule has 1 N–H and O–H groups in total. The third kappa shape index (κ3) is 3.44. The van der Waals surface area contributed by atoms with Crippen molar-refractivity contribution in [2.45, 2.75) is 50.5 Å². The molecular formula is C21H28N4O2. The molecule has 2 aliphatic rings. The van der Waals surface area contributed by atoms with Gasteiger partial charge < -0.3 is 14.6 Å². The summed E-state index contributed by atoms with van der Waals surface area (Å²) >= 11 is 0. The molecule has 0 aromatic carbocycles. The number of aromatic amines is 1. The number of rotatable bonds is 5. The molecule has 1 fully saturated rings. The molecule has 2 aromatic rings. The van der Waals surface area contributed by atoms with Gasteiger partial charge in [0.2, 0.25) is 0 Å². The second-order valence-electron chi connectivity index (χ2n) is 7.93. The maximum Gasteiger partial charge on any atom is 0.254 e. The van der Waals surface area contributed by atoms with Gasteiger partial charge in [-0.25, -0.2) is 4.98 Å². The molecule has 2 aromatic heterocycles. The predicted octanol–water partition coefficient (Wildman–Crippen LogP) is 2.54. The summed E-state index contributed by atoms with van der Waals surface area (Å²) < 4.78 is 5.23. The lowest BCUT2D eigenvalue weighted by molar-refractivity contribution is 0.0938. The maximum atomic E-state index is 12.7. The van der Waals surface area contributed by atoms with E-state index in [1.165, 1.54) is 0 Å². The van der Waals surface area contributed by atoms with Gasteiger partial charge in [-0.2, -0.15) is 0 Å². The lowest BCUT2D eigenvalue weighted by atomic mass is 9.76. The van der Waals surface area contributed by atoms with Crippen molar-refractivity contribution in [3.63, 3.8) is 0 Å². The Kier molecular flexibility index (Phi) is 5.10. The normalized spacial score (nSPS) is 19.9. The van der Waals surface area contributed by atoms with Crippen LogP contribution in [-0.4, -0.2) is 52.7 Å². The zero-order valence-electron chi connectivity index (χ0n) is 16.2. The number of nitrogens with zero attached hydrogens (tertiary/aromatic N) is 3. The molecule has 0 saturated carbocycles. The standard InChI is InChI=1S/C21H28N4O2/c1-15(6-13-27-2)25-11-8-21(9-12-25)7-5-17-18(21)23-19(24-20(17)26)16-4-3-10-22-14-16/h3-4,10,14-15H,5-9,11-13H2,1-2H3,(H,23,24,26). The SMILES string of the molecule is COCCC(C)N1CCC2(CCc3c2nc(-c2cccnc2)[nH]c3=O)CC1. The van der Waals surface area contributed by atoms with E-state index in [9.17, 15) is 4.79 Å². The van der Waals surface area contributed by atoms with Crippen LogP contribution in [0.5, 0.6) is 0 Å². The summed E-state index contributed by atoms with van der Waals surface area (Å²) in [6, 6.07) is 4.35. The fraction of sp³-hybridized carbons (Fsp3) is 0.571. The molecule has 144 valence electrons. The molecule has 1 spiro atoms. The van der Waals surface area contributed by atoms with Crippen molar-refractivity contribution in [2.75, 3.05) is 26.8 Å². The first-order valence-corrected chi connectivity index (χ1v) is 9.90. The Bertz CT molecular complexity index is 841. The van der Waals surface area contributed by atoms with Gasteiger partial charge in [0.25, 0.3) is 5.56 Å². The second kappa shape index (κ2) is 7.52. The highest BCUT2D eigenvalue weighted by Gasteiger charge is 2.44. The lowest BCUT2D eigenvalue weighted by Gasteiger charge is -2.42. The zero-order chi connectivity index (χ0) is 18.9. The van der Waals surface area contributed by atoms with Crippen LogP contribution in [0.2, 0.25) is 0 Å². The lowest BCUT2D eigenvalue weighted by Crippen LogP contribution is -2.46. The highest BCUT2D eigenvalue weighted by molar-refractivity contribution is 5.54. The van der Waals surface area contributed by atoms with E-state index in [0.29, 0.717) is 11.9 Å². The van der Waals surface area contributed by atoms with Crippen molar-refractivity contribution >= 4 is 0 Å². The van der Waals surface area contributed by atoms with E-state index in [1.54, 1.807) is 19.5 Å². The van der Waals surface area contributed by atoms with Gasteiger partial charge in [0.15, 0.2) is 0 Å². The topological polar surface area (TPSA) is 71.1 Å². The van der Waals surface area contributed by atoms with Gasteiger partial charge in [-0.15, -0.1) is 0 Å². The Morgan fingerprint density at radius 2 is 2.15 bits per heavy atom. The predicted molar refractivity (Wildman–Crippen MR) is 105 cm³/mol. The highest BCUT2D eigenvalue weighted by atomic mass is 16.5. The van der Waals surface area contributed by atoms with Crippen molar-refractivity contribution in [3.8, 4) is 11.4 Å². The van der Waals surface area contributed by atoms with Crippen molar-refractivity contribution in [1.29, 1.82) is 0 Å². The van der Waals surface area contributed by atoms with Gasteiger partial charge in [0.1, 0.15) is 5.82 Å². The number of likely N-dealkylation sites (tertiary alicyclic amines) is 1. The Hall–Kier alpha value is -2.05. The summed E-state index contributed by atoms with van der Waals surface area (Å²) in [6.45, 7) is 5.20. The average Bonchev–Trinajstić information content (AvgIpc) is 3.06. The van der Waals surface area contributed by atoms with E-state index in [0.717, 1.165) is 68.6 Å². The van der Waals surface area contributed by atoms with Crippen molar-refractivity contribution in [2.24, 2.45) is 0 Å². The molecule has 3 heterocycles. The Balaban J connectivity index is 1.58. The number of ether oxygens (including phenoxy) is 1. The van der Waals surface area contributed by atoms with Gasteiger partial charge in [-0.3, -0.25) is 9.78 Å². The van der Waals surface area contributed by atoms with Crippen molar-refractivity contribution < 1.29 is 4.74 Å². The van der Waals surface area contributed by atoms with Crippen LogP contribution in [0, 0.1) is 0 Å². The smallest absolute Gasteiger partial charge is 0.254 e. The van der Waals surface area contributed by atoms with Crippen LogP contribution in [0.15, 0.2) is 29.3 Å². The molecule has 0 bridgehead atoms. The molecule has 6 heteroatoms. The quantitative estimate of drug-likeness (QED) is 0.878. The zero-order valence-corrected chi connectivity index (χ0v) is 16.2. The van der Waals surface area contributed by atoms with E-state index in [2.05, 4.69) is 21.8 Å². The van der Waals surface area contributed by atoms with Gasteiger partial charge in [0, 0.05) is 48.7 Å². The van der Waals surface area contributed by atoms with Crippen LogP contribution in [0.1, 0.15) is 43.9 Å². The fourth-order valence-electron chi connectivity index (χ4n) is 4.64. The van der Waals surface area contributed by atoms with E-state index in [-0.39, 0.29) is 11.0 Å². The Labute approximate surface area is 160 Å². The second-order valence-corrected chi connectivity index (χ2v) is 7.93. The number of hydrogen-bond acceptors (Lipinski definition) is 5. The minimum Gasteiger partial charge on any atom is -0.385 e. The van der Waals surface area contributed by atoms with Crippen molar-refractivity contribution in [3.05, 3.63) is 46.1 Å². The molecule has 1 aliphatic heterocycles. The van der Waals surface area contributed by atoms with Crippen LogP contribution in [0.3, 0.4) is 0 Å². The van der Waals surface area contributed by atoms with Gasteiger partial charge in [-0.05, 0) is 64.3 Å². The van der Waals surface area contributed by atoms with Crippen molar-refractivity contribution in [1.82, 2.24) is 19.9 Å². The molecule has 27 heavy (non-hydrogen) atoms. The largest absolute Gasteiger partial charge is 0.385 e. The summed E-state index contributed by atoms with van der Waals surface area (Å²) in [5.74, 6) is 0.643. The third-order valence-electron chi connectivity index (χ3n) is 6.42. The number of H-pyrrole nitrogens is 1. The van der Waals surface area contributed by atoms with Crippen LogP contribution in [0.4, 0.5) is 0 Å². The number of fused-ring (bicyclic) bond motifs is 2. The molecule has 1 atom stereocenters. The van der Waals surface area contributed by atoms with E-state index in [1.807, 2.05) is 12.1 Å². The Morgan fingerprint density at radius 1 is 1.33 bits per heavy atom. The van der Waals surface area contributed by atoms with Gasteiger partial charge in [0.05, 0.1) is 5.69 Å². The first kappa shape index (κ1) is 18.3. The monoisotopic (exact) mass is 368 g/mol. The minimum atomic E-state index is 0.0200. The first-order valence-electron chi connectivity index (χ1n) is 9.90. The fourth-order valence-corrected chi connectivity index (χ4v) is 4.64. The van der Waals surface area contributed by atoms with E-state index >= 15 is 0 Å². The molecule has 1 aliphatic carbocycles. The summed E-state index contributed by atoms with van der Waals surface area (Å²) in [6.07, 6.45) is 8.56. The molecule has 0 amide bonds. The summed E-state index contributed by atoms with van der Waals surface area (Å²) in [5, 5.41) is 0. The molecular weight excluding hydrogens is 340 g/mol. The van der Waals surface area contributed by atoms with Crippen LogP contribution in [-0.2, 0) is 16.6 Å². The summed E-state index contributed by atoms with van der Waals surface area (Å²) in [4.78, 5) is 27.3. The van der Waals surface area contributed by atoms with Crippen LogP contribution >= 0.6 is 0 Å². The van der Waals surface area contributed by atoms with E-state index in [4.69, 9.17) is 9.72 Å². The number of aromatic nitrogens is 3. The number of nitrogens with one attached hydrogen (secondary N) is 1. The number of pyridine rings is 1. The van der Waals surface area contributed by atoms with Crippen LogP contribution < -0.4 is 5.56 Å². The average molecular weight is 368 g/mol. The number of hydrogen-bond donors (Lipinski definition) is 1. The minimum absolute atomic E-state index is 0.0200. The molecule has 6 nitrogen and oxygen atoms in total. The number of methoxy groups -OCH3 is 1. The summed E-state index contributed by atoms with van der Waals surface area (Å²) in [7, 11) is 1.76. The van der Waals surface area contributed by atoms with Gasteiger partial charge in [-0.1, -0.05) is 0 Å². The molecule has 1 unspecified atom stereocenters.